The first-order chi connectivity index (χ1) is 13.9. The number of amides is 2. The Balaban J connectivity index is 1.65. The molecule has 1 unspecified atom stereocenters. The lowest BCUT2D eigenvalue weighted by Crippen LogP contribution is -2.51. The number of anilines is 1. The van der Waals surface area contributed by atoms with E-state index >= 15 is 0 Å². The van der Waals surface area contributed by atoms with Crippen LogP contribution in [0, 0.1) is 12.3 Å². The lowest BCUT2D eigenvalue weighted by Gasteiger charge is -2.33. The van der Waals surface area contributed by atoms with Crippen molar-refractivity contribution in [3.8, 4) is 12.3 Å². The Labute approximate surface area is 174 Å². The normalized spacial score (nSPS) is 20.6. The first-order valence-electron chi connectivity index (χ1n) is 9.28. The maximum absolute atomic E-state index is 12.6. The van der Waals surface area contributed by atoms with Crippen LogP contribution in [0.4, 0.5) is 5.69 Å². The van der Waals surface area contributed by atoms with Crippen LogP contribution in [0.3, 0.4) is 0 Å². The fraction of sp³-hybridized carbons (Fsp3) is 0.381. The van der Waals surface area contributed by atoms with Crippen molar-refractivity contribution in [3.05, 3.63) is 47.5 Å². The fourth-order valence-electron chi connectivity index (χ4n) is 3.22. The van der Waals surface area contributed by atoms with Crippen LogP contribution in [0.15, 0.2) is 41.8 Å². The number of carbonyl (C=O) groups excluding carboxylic acids is 2. The first kappa shape index (κ1) is 20.9. The second kappa shape index (κ2) is 9.12. The Hall–Kier alpha value is -2.82. The van der Waals surface area contributed by atoms with Crippen LogP contribution in [0.25, 0.3) is 0 Å². The second-order valence-corrected chi connectivity index (χ2v) is 7.58. The van der Waals surface area contributed by atoms with E-state index in [1.54, 1.807) is 12.1 Å². The topological polar surface area (TPSA) is 101 Å². The van der Waals surface area contributed by atoms with Gasteiger partial charge in [0.2, 0.25) is 5.91 Å². The number of nitrogens with zero attached hydrogens (tertiary/aromatic N) is 1. The number of halogens is 1. The minimum atomic E-state index is -0.757. The second-order valence-electron chi connectivity index (χ2n) is 7.02. The Morgan fingerprint density at radius 2 is 2.17 bits per heavy atom. The molecule has 3 rings (SSSR count). The highest BCUT2D eigenvalue weighted by Gasteiger charge is 2.32. The third kappa shape index (κ3) is 5.37. The summed E-state index contributed by atoms with van der Waals surface area (Å²) in [5.74, 6) is 1.98. The van der Waals surface area contributed by atoms with Crippen LogP contribution in [-0.4, -0.2) is 46.0 Å². The standard InChI is InChI=1S/C21H22ClN3O4/c1-2-21(6-9-29-10-7-21)25-20(28)17-13-16(5-8-23-17)24-19(27)12-14-11-15(22)3-4-18(14)26/h1,3-5,8,13,15,26H,6-7,9-12H2,(H,25,28)(H,23,24,27). The van der Waals surface area contributed by atoms with Gasteiger partial charge in [-0.25, -0.2) is 0 Å². The minimum absolute atomic E-state index is 0.00342. The number of aromatic nitrogens is 1. The summed E-state index contributed by atoms with van der Waals surface area (Å²) in [6.07, 6.45) is 11.7. The summed E-state index contributed by atoms with van der Waals surface area (Å²) in [6.45, 7) is 0.962. The highest BCUT2D eigenvalue weighted by atomic mass is 35.5. The molecule has 8 heteroatoms. The molecule has 2 heterocycles. The van der Waals surface area contributed by atoms with Gasteiger partial charge in [0, 0.05) is 37.9 Å². The summed E-state index contributed by atoms with van der Waals surface area (Å²) >= 11 is 6.04. The average Bonchev–Trinajstić information content (AvgIpc) is 2.71. The van der Waals surface area contributed by atoms with E-state index < -0.39 is 11.4 Å². The summed E-state index contributed by atoms with van der Waals surface area (Å²) in [5, 5.41) is 15.2. The van der Waals surface area contributed by atoms with Gasteiger partial charge in [-0.15, -0.1) is 18.0 Å². The Kier molecular flexibility index (Phi) is 6.57. The van der Waals surface area contributed by atoms with Crippen molar-refractivity contribution >= 4 is 29.1 Å². The summed E-state index contributed by atoms with van der Waals surface area (Å²) in [6, 6.07) is 3.07. The molecule has 1 atom stereocenters. The number of aliphatic hydroxyl groups is 1. The molecule has 2 aliphatic rings. The molecule has 1 aromatic heterocycles. The van der Waals surface area contributed by atoms with Crippen LogP contribution >= 0.6 is 11.6 Å². The van der Waals surface area contributed by atoms with Gasteiger partial charge in [0.1, 0.15) is 17.0 Å². The van der Waals surface area contributed by atoms with Gasteiger partial charge in [0.15, 0.2) is 0 Å². The lowest BCUT2D eigenvalue weighted by molar-refractivity contribution is -0.115. The molecule has 1 saturated heterocycles. The van der Waals surface area contributed by atoms with Crippen molar-refractivity contribution in [3.63, 3.8) is 0 Å². The van der Waals surface area contributed by atoms with E-state index in [4.69, 9.17) is 22.8 Å². The molecule has 0 saturated carbocycles. The number of nitrogens with one attached hydrogen (secondary N) is 2. The smallest absolute Gasteiger partial charge is 0.271 e. The number of hydrogen-bond donors (Lipinski definition) is 3. The number of allylic oxidation sites excluding steroid dienone is 2. The van der Waals surface area contributed by atoms with Gasteiger partial charge in [-0.3, -0.25) is 14.6 Å². The number of carbonyl (C=O) groups is 2. The van der Waals surface area contributed by atoms with Gasteiger partial charge >= 0.3 is 0 Å². The highest BCUT2D eigenvalue weighted by Crippen LogP contribution is 2.25. The number of rotatable bonds is 5. The highest BCUT2D eigenvalue weighted by molar-refractivity contribution is 6.22. The van der Waals surface area contributed by atoms with Crippen LogP contribution in [0.5, 0.6) is 0 Å². The van der Waals surface area contributed by atoms with E-state index in [-0.39, 0.29) is 29.2 Å². The van der Waals surface area contributed by atoms with E-state index in [0.29, 0.717) is 43.7 Å². The minimum Gasteiger partial charge on any atom is -0.508 e. The van der Waals surface area contributed by atoms with Crippen molar-refractivity contribution in [2.45, 2.75) is 36.6 Å². The molecule has 7 nitrogen and oxygen atoms in total. The maximum atomic E-state index is 12.6. The van der Waals surface area contributed by atoms with Crippen molar-refractivity contribution in [2.24, 2.45) is 0 Å². The molecule has 0 bridgehead atoms. The van der Waals surface area contributed by atoms with Gasteiger partial charge in [0.05, 0.1) is 11.8 Å². The molecule has 2 amide bonds. The summed E-state index contributed by atoms with van der Waals surface area (Å²) < 4.78 is 5.31. The number of hydrogen-bond acceptors (Lipinski definition) is 5. The summed E-state index contributed by atoms with van der Waals surface area (Å²) in [5.41, 5.74) is 0.373. The number of aliphatic hydroxyl groups excluding tert-OH is 1. The molecule has 29 heavy (non-hydrogen) atoms. The largest absolute Gasteiger partial charge is 0.508 e. The molecule has 1 aliphatic carbocycles. The Bertz CT molecular complexity index is 897. The molecule has 0 radical (unpaired) electrons. The number of pyridine rings is 1. The zero-order valence-corrected chi connectivity index (χ0v) is 16.5. The van der Waals surface area contributed by atoms with Crippen LogP contribution in [0.1, 0.15) is 36.2 Å². The van der Waals surface area contributed by atoms with E-state index in [0.717, 1.165) is 0 Å². The Morgan fingerprint density at radius 3 is 2.90 bits per heavy atom. The SMILES string of the molecule is C#CC1(NC(=O)c2cc(NC(=O)CC3=C(O)C=CC(Cl)C3)ccn2)CCOCC1. The third-order valence-electron chi connectivity index (χ3n) is 4.89. The van der Waals surface area contributed by atoms with Gasteiger partial charge in [-0.2, -0.15) is 0 Å². The van der Waals surface area contributed by atoms with Crippen LogP contribution in [-0.2, 0) is 9.53 Å². The zero-order chi connectivity index (χ0) is 20.9. The average molecular weight is 416 g/mol. The quantitative estimate of drug-likeness (QED) is 0.507. The van der Waals surface area contributed by atoms with E-state index in [1.807, 2.05) is 0 Å². The van der Waals surface area contributed by atoms with Gasteiger partial charge in [-0.1, -0.05) is 12.0 Å². The molecule has 1 fully saturated rings. The van der Waals surface area contributed by atoms with E-state index in [2.05, 4.69) is 21.5 Å². The molecular formula is C21H22ClN3O4. The van der Waals surface area contributed by atoms with Gasteiger partial charge in [-0.05, 0) is 30.2 Å². The van der Waals surface area contributed by atoms with E-state index in [9.17, 15) is 14.7 Å². The molecule has 0 aromatic carbocycles. The number of terminal acetylenes is 1. The zero-order valence-electron chi connectivity index (χ0n) is 15.8. The van der Waals surface area contributed by atoms with Crippen LogP contribution in [0.2, 0.25) is 0 Å². The van der Waals surface area contributed by atoms with E-state index in [1.165, 1.54) is 18.3 Å². The summed E-state index contributed by atoms with van der Waals surface area (Å²) in [7, 11) is 0. The summed E-state index contributed by atoms with van der Waals surface area (Å²) in [4.78, 5) is 29.0. The Morgan fingerprint density at radius 1 is 1.41 bits per heavy atom. The lowest BCUT2D eigenvalue weighted by atomic mass is 9.91. The molecule has 0 spiro atoms. The maximum Gasteiger partial charge on any atom is 0.271 e. The van der Waals surface area contributed by atoms with Gasteiger partial charge in [0.25, 0.3) is 5.91 Å². The molecule has 1 aromatic rings. The molecule has 152 valence electrons. The molecule has 3 N–H and O–H groups in total. The van der Waals surface area contributed by atoms with Crippen molar-refractivity contribution in [2.75, 3.05) is 18.5 Å². The number of ether oxygens (including phenoxy) is 1. The number of alkyl halides is 1. The predicted molar refractivity (Wildman–Crippen MR) is 110 cm³/mol. The predicted octanol–water partition coefficient (Wildman–Crippen LogP) is 2.70. The molecule has 1 aliphatic heterocycles. The van der Waals surface area contributed by atoms with Crippen LogP contribution < -0.4 is 10.6 Å². The van der Waals surface area contributed by atoms with Crippen molar-refractivity contribution in [1.29, 1.82) is 0 Å². The molecular weight excluding hydrogens is 394 g/mol. The third-order valence-corrected chi connectivity index (χ3v) is 5.19. The van der Waals surface area contributed by atoms with Gasteiger partial charge < -0.3 is 20.5 Å². The van der Waals surface area contributed by atoms with Crippen molar-refractivity contribution in [1.82, 2.24) is 10.3 Å². The van der Waals surface area contributed by atoms with Crippen molar-refractivity contribution < 1.29 is 19.4 Å². The monoisotopic (exact) mass is 415 g/mol. The fourth-order valence-corrected chi connectivity index (χ4v) is 3.48. The first-order valence-corrected chi connectivity index (χ1v) is 9.72.